The van der Waals surface area contributed by atoms with Crippen LogP contribution in [0.15, 0.2) is 70.0 Å². The highest BCUT2D eigenvalue weighted by Crippen LogP contribution is 2.33. The van der Waals surface area contributed by atoms with E-state index in [0.29, 0.717) is 29.4 Å². The van der Waals surface area contributed by atoms with Crippen LogP contribution in [-0.4, -0.2) is 20.9 Å². The van der Waals surface area contributed by atoms with Crippen LogP contribution in [-0.2, 0) is 16.6 Å². The molecule has 0 fully saturated rings. The number of nitrogens with zero attached hydrogens (tertiary/aromatic N) is 1. The van der Waals surface area contributed by atoms with E-state index in [4.69, 9.17) is 21.1 Å². The lowest BCUT2D eigenvalue weighted by molar-refractivity contribution is 0.266. The van der Waals surface area contributed by atoms with Gasteiger partial charge in [-0.25, -0.2) is 4.39 Å². The Labute approximate surface area is 184 Å². The summed E-state index contributed by atoms with van der Waals surface area (Å²) in [7, 11) is -3.83. The maximum atomic E-state index is 14.0. The fourth-order valence-corrected chi connectivity index (χ4v) is 4.46. The summed E-state index contributed by atoms with van der Waals surface area (Å²) in [6.45, 7) is 2.06. The van der Waals surface area contributed by atoms with Crippen molar-refractivity contribution < 1.29 is 22.3 Å². The maximum Gasteiger partial charge on any atom is 0.286 e. The van der Waals surface area contributed by atoms with Gasteiger partial charge < -0.3 is 14.8 Å². The van der Waals surface area contributed by atoms with Crippen molar-refractivity contribution in [2.24, 2.45) is 4.40 Å². The van der Waals surface area contributed by atoms with Crippen molar-refractivity contribution in [2.75, 3.05) is 11.9 Å². The van der Waals surface area contributed by atoms with Crippen molar-refractivity contribution >= 4 is 33.1 Å². The van der Waals surface area contributed by atoms with Crippen LogP contribution in [0.25, 0.3) is 0 Å². The third-order valence-electron chi connectivity index (χ3n) is 4.58. The first kappa shape index (κ1) is 21.1. The number of para-hydroxylation sites is 1. The predicted molar refractivity (Wildman–Crippen MR) is 117 cm³/mol. The van der Waals surface area contributed by atoms with Gasteiger partial charge in [0.25, 0.3) is 10.0 Å². The summed E-state index contributed by atoms with van der Waals surface area (Å²) in [5.74, 6) is 0.438. The first-order chi connectivity index (χ1) is 14.9. The van der Waals surface area contributed by atoms with Crippen LogP contribution in [0.1, 0.15) is 18.1 Å². The zero-order valence-corrected chi connectivity index (χ0v) is 18.0. The van der Waals surface area contributed by atoms with Crippen molar-refractivity contribution in [1.82, 2.24) is 0 Å². The van der Waals surface area contributed by atoms with E-state index in [1.807, 2.05) is 0 Å². The van der Waals surface area contributed by atoms with Gasteiger partial charge in [-0.15, -0.1) is 4.40 Å². The molecule has 0 bridgehead atoms. The molecule has 1 aliphatic rings. The van der Waals surface area contributed by atoms with Crippen molar-refractivity contribution in [2.45, 2.75) is 18.4 Å². The molecule has 0 aliphatic carbocycles. The monoisotopic (exact) mass is 460 g/mol. The molecule has 6 nitrogen and oxygen atoms in total. The number of benzene rings is 3. The molecule has 3 aromatic rings. The fourth-order valence-electron chi connectivity index (χ4n) is 3.10. The molecular weight excluding hydrogens is 443 g/mol. The van der Waals surface area contributed by atoms with Gasteiger partial charge >= 0.3 is 0 Å². The number of amidine groups is 1. The Balaban J connectivity index is 1.64. The average molecular weight is 461 g/mol. The molecule has 3 aromatic carbocycles. The first-order valence-corrected chi connectivity index (χ1v) is 11.2. The number of ether oxygens (including phenoxy) is 2. The van der Waals surface area contributed by atoms with Crippen LogP contribution >= 0.6 is 11.6 Å². The fraction of sp³-hybridized carbons (Fsp3) is 0.136. The summed E-state index contributed by atoms with van der Waals surface area (Å²) >= 11 is 6.06. The van der Waals surface area contributed by atoms with Gasteiger partial charge in [0.2, 0.25) is 0 Å². The highest BCUT2D eigenvalue weighted by atomic mass is 35.5. The lowest BCUT2D eigenvalue weighted by Gasteiger charge is -2.19. The van der Waals surface area contributed by atoms with E-state index in [-0.39, 0.29) is 27.9 Å². The lowest BCUT2D eigenvalue weighted by Crippen LogP contribution is -2.22. The largest absolute Gasteiger partial charge is 0.490 e. The SMILES string of the molecule is CCOc1cc(C2=NS(=O)(=O)c3ccccc3N2)ccc1OCc1c(F)cccc1Cl. The van der Waals surface area contributed by atoms with Gasteiger partial charge in [0, 0.05) is 11.1 Å². The molecule has 0 saturated carbocycles. The van der Waals surface area contributed by atoms with E-state index < -0.39 is 15.8 Å². The Bertz CT molecular complexity index is 1260. The molecule has 0 saturated heterocycles. The standard InChI is InChI=1S/C22H18ClFN2O4S/c1-2-29-20-12-14(22-25-18-8-3-4-9-21(18)31(27,28)26-22)10-11-19(20)30-13-15-16(23)6-5-7-17(15)24/h3-12H,2,13H2,1H3,(H,25,26). The van der Waals surface area contributed by atoms with Gasteiger partial charge in [-0.05, 0) is 49.4 Å². The molecule has 9 heteroatoms. The van der Waals surface area contributed by atoms with Gasteiger partial charge in [0.05, 0.1) is 17.3 Å². The summed E-state index contributed by atoms with van der Waals surface area (Å²) in [5.41, 5.74) is 1.18. The van der Waals surface area contributed by atoms with Crippen molar-refractivity contribution in [3.05, 3.63) is 82.6 Å². The molecule has 4 rings (SSSR count). The van der Waals surface area contributed by atoms with Gasteiger partial charge in [-0.2, -0.15) is 8.42 Å². The minimum atomic E-state index is -3.83. The van der Waals surface area contributed by atoms with Crippen molar-refractivity contribution in [1.29, 1.82) is 0 Å². The molecular formula is C22H18ClFN2O4S. The number of rotatable bonds is 6. The zero-order valence-electron chi connectivity index (χ0n) is 16.4. The number of sulfonamides is 1. The third kappa shape index (κ3) is 4.35. The second-order valence-corrected chi connectivity index (χ2v) is 8.60. The lowest BCUT2D eigenvalue weighted by atomic mass is 10.1. The number of nitrogens with one attached hydrogen (secondary N) is 1. The topological polar surface area (TPSA) is 77.0 Å². The number of fused-ring (bicyclic) bond motifs is 1. The highest BCUT2D eigenvalue weighted by molar-refractivity contribution is 7.90. The van der Waals surface area contributed by atoms with Crippen LogP contribution in [0.2, 0.25) is 5.02 Å². The normalized spacial score (nSPS) is 14.2. The van der Waals surface area contributed by atoms with E-state index in [0.717, 1.165) is 0 Å². The Morgan fingerprint density at radius 1 is 1.03 bits per heavy atom. The van der Waals surface area contributed by atoms with Crippen molar-refractivity contribution in [3.63, 3.8) is 0 Å². The molecule has 0 atom stereocenters. The number of anilines is 1. The van der Waals surface area contributed by atoms with Gasteiger partial charge in [-0.1, -0.05) is 29.8 Å². The molecule has 0 aromatic heterocycles. The second kappa shape index (κ2) is 8.56. The average Bonchev–Trinajstić information content (AvgIpc) is 2.74. The molecule has 31 heavy (non-hydrogen) atoms. The minimum absolute atomic E-state index is 0.0914. The molecule has 0 amide bonds. The van der Waals surface area contributed by atoms with Gasteiger partial charge in [0.15, 0.2) is 17.3 Å². The van der Waals surface area contributed by atoms with Crippen LogP contribution in [0.4, 0.5) is 10.1 Å². The first-order valence-electron chi connectivity index (χ1n) is 9.43. The Hall–Kier alpha value is -3.10. The van der Waals surface area contributed by atoms with E-state index in [2.05, 4.69) is 9.71 Å². The Kier molecular flexibility index (Phi) is 5.84. The summed E-state index contributed by atoms with van der Waals surface area (Å²) in [4.78, 5) is 0.116. The predicted octanol–water partition coefficient (Wildman–Crippen LogP) is 5.02. The van der Waals surface area contributed by atoms with E-state index >= 15 is 0 Å². The molecule has 160 valence electrons. The summed E-state index contributed by atoms with van der Waals surface area (Å²) in [5, 5.41) is 3.30. The van der Waals surface area contributed by atoms with Crippen LogP contribution in [0, 0.1) is 5.82 Å². The quantitative estimate of drug-likeness (QED) is 0.559. The number of hydrogen-bond donors (Lipinski definition) is 1. The molecule has 1 aliphatic heterocycles. The van der Waals surface area contributed by atoms with E-state index in [9.17, 15) is 12.8 Å². The van der Waals surface area contributed by atoms with Crippen LogP contribution < -0.4 is 14.8 Å². The smallest absolute Gasteiger partial charge is 0.286 e. The van der Waals surface area contributed by atoms with Crippen molar-refractivity contribution in [3.8, 4) is 11.5 Å². The molecule has 0 spiro atoms. The number of halogens is 2. The van der Waals surface area contributed by atoms with Gasteiger partial charge in [-0.3, -0.25) is 0 Å². The molecule has 1 heterocycles. The Morgan fingerprint density at radius 2 is 1.84 bits per heavy atom. The minimum Gasteiger partial charge on any atom is -0.490 e. The van der Waals surface area contributed by atoms with E-state index in [1.54, 1.807) is 49.4 Å². The second-order valence-electron chi connectivity index (χ2n) is 6.62. The van der Waals surface area contributed by atoms with Crippen LogP contribution in [0.3, 0.4) is 0 Å². The van der Waals surface area contributed by atoms with Crippen LogP contribution in [0.5, 0.6) is 11.5 Å². The molecule has 0 unspecified atom stereocenters. The molecule has 1 N–H and O–H groups in total. The summed E-state index contributed by atoms with van der Waals surface area (Å²) in [6.07, 6.45) is 0. The maximum absolute atomic E-state index is 14.0. The number of hydrogen-bond acceptors (Lipinski definition) is 5. The van der Waals surface area contributed by atoms with E-state index in [1.165, 1.54) is 18.2 Å². The summed E-state index contributed by atoms with van der Waals surface area (Å²) in [6, 6.07) is 15.8. The summed E-state index contributed by atoms with van der Waals surface area (Å²) < 4.78 is 54.4. The molecule has 0 radical (unpaired) electrons. The third-order valence-corrected chi connectivity index (χ3v) is 6.27. The highest BCUT2D eigenvalue weighted by Gasteiger charge is 2.25. The Morgan fingerprint density at radius 3 is 2.61 bits per heavy atom. The zero-order chi connectivity index (χ0) is 22.0. The van der Waals surface area contributed by atoms with Gasteiger partial charge in [0.1, 0.15) is 17.3 Å².